The van der Waals surface area contributed by atoms with Crippen molar-refractivity contribution in [1.82, 2.24) is 15.5 Å². The van der Waals surface area contributed by atoms with Crippen LogP contribution in [0.3, 0.4) is 0 Å². The molecule has 0 radical (unpaired) electrons. The monoisotopic (exact) mass is 217 g/mol. The van der Waals surface area contributed by atoms with Crippen LogP contribution in [0.4, 0.5) is 0 Å². The van der Waals surface area contributed by atoms with Gasteiger partial charge >= 0.3 is 0 Å². The third-order valence-corrected chi connectivity index (χ3v) is 1.96. The van der Waals surface area contributed by atoms with E-state index < -0.39 is 0 Å². The molecule has 0 atom stereocenters. The zero-order chi connectivity index (χ0) is 9.52. The van der Waals surface area contributed by atoms with Crippen LogP contribution in [0.25, 0.3) is 0 Å². The number of nitrogens with zero attached hydrogens (tertiary/aromatic N) is 2. The molecule has 0 aliphatic heterocycles. The van der Waals surface area contributed by atoms with Crippen molar-refractivity contribution >= 4 is 23.2 Å². The van der Waals surface area contributed by atoms with Crippen molar-refractivity contribution in [3.63, 3.8) is 0 Å². The third kappa shape index (κ3) is 4.22. The molecule has 0 unspecified atom stereocenters. The number of halogens is 2. The molecule has 0 amide bonds. The first kappa shape index (κ1) is 10.4. The lowest BCUT2D eigenvalue weighted by atomic mass is 10.4. The van der Waals surface area contributed by atoms with Crippen LogP contribution in [0.5, 0.6) is 0 Å². The summed E-state index contributed by atoms with van der Waals surface area (Å²) >= 11 is 11.0. The van der Waals surface area contributed by atoms with E-state index in [0.717, 1.165) is 5.69 Å². The predicted octanol–water partition coefficient (Wildman–Crippen LogP) is 1.89. The van der Waals surface area contributed by atoms with Crippen LogP contribution >= 0.6 is 23.2 Å². The minimum Gasteiger partial charge on any atom is -0.306 e. The fourth-order valence-corrected chi connectivity index (χ4v) is 0.948. The van der Waals surface area contributed by atoms with Gasteiger partial charge in [0.05, 0.1) is 5.69 Å². The molecule has 0 aromatic carbocycles. The van der Waals surface area contributed by atoms with E-state index in [1.165, 1.54) is 5.54 Å². The summed E-state index contributed by atoms with van der Waals surface area (Å²) in [4.78, 5) is 0. The Labute approximate surface area is 86.8 Å². The standard InChI is InChI=1S/C8H9Cl2N3/c9-4-7(10)5-11-6-8-2-1-3-12-13-8/h1-4,11H,5-6H2/b7-4+. The van der Waals surface area contributed by atoms with E-state index in [-0.39, 0.29) is 0 Å². The minimum absolute atomic E-state index is 0.543. The van der Waals surface area contributed by atoms with Gasteiger partial charge in [0.1, 0.15) is 0 Å². The van der Waals surface area contributed by atoms with Gasteiger partial charge in [-0.15, -0.1) is 0 Å². The Morgan fingerprint density at radius 1 is 1.62 bits per heavy atom. The first-order chi connectivity index (χ1) is 6.33. The molecule has 1 aromatic rings. The lowest BCUT2D eigenvalue weighted by Gasteiger charge is -2.01. The highest BCUT2D eigenvalue weighted by atomic mass is 35.5. The van der Waals surface area contributed by atoms with Crippen molar-refractivity contribution in [2.45, 2.75) is 6.54 Å². The zero-order valence-electron chi connectivity index (χ0n) is 6.87. The van der Waals surface area contributed by atoms with Gasteiger partial charge in [0, 0.05) is 29.9 Å². The summed E-state index contributed by atoms with van der Waals surface area (Å²) in [6.45, 7) is 1.18. The maximum atomic E-state index is 5.66. The molecule has 1 aromatic heterocycles. The molecule has 1 rings (SSSR count). The molecule has 13 heavy (non-hydrogen) atoms. The Kier molecular flexibility index (Phi) is 4.75. The average molecular weight is 218 g/mol. The first-order valence-corrected chi connectivity index (χ1v) is 4.56. The van der Waals surface area contributed by atoms with Crippen LogP contribution in [0.2, 0.25) is 0 Å². The summed E-state index contributed by atoms with van der Waals surface area (Å²) < 4.78 is 0. The largest absolute Gasteiger partial charge is 0.306 e. The summed E-state index contributed by atoms with van der Waals surface area (Å²) in [6.07, 6.45) is 1.63. The van der Waals surface area contributed by atoms with Gasteiger partial charge in [0.2, 0.25) is 0 Å². The van der Waals surface area contributed by atoms with Crippen molar-refractivity contribution in [2.24, 2.45) is 0 Å². The highest BCUT2D eigenvalue weighted by Crippen LogP contribution is 2.00. The maximum absolute atomic E-state index is 5.66. The molecule has 0 aliphatic carbocycles. The average Bonchev–Trinajstić information content (AvgIpc) is 2.19. The van der Waals surface area contributed by atoms with Crippen molar-refractivity contribution in [3.05, 3.63) is 34.6 Å². The first-order valence-electron chi connectivity index (χ1n) is 3.75. The second-order valence-corrected chi connectivity index (χ2v) is 3.08. The summed E-state index contributed by atoms with van der Waals surface area (Å²) in [7, 11) is 0. The van der Waals surface area contributed by atoms with Gasteiger partial charge < -0.3 is 5.32 Å². The molecule has 5 heteroatoms. The van der Waals surface area contributed by atoms with Crippen LogP contribution in [-0.2, 0) is 6.54 Å². The fourth-order valence-electron chi connectivity index (χ4n) is 0.776. The van der Waals surface area contributed by atoms with E-state index in [1.807, 2.05) is 12.1 Å². The lowest BCUT2D eigenvalue weighted by molar-refractivity contribution is 0.720. The van der Waals surface area contributed by atoms with Gasteiger partial charge in [-0.2, -0.15) is 10.2 Å². The molecule has 0 saturated heterocycles. The topological polar surface area (TPSA) is 37.8 Å². The van der Waals surface area contributed by atoms with Crippen LogP contribution in [-0.4, -0.2) is 16.7 Å². The molecule has 0 spiro atoms. The highest BCUT2D eigenvalue weighted by Gasteiger charge is 1.94. The summed E-state index contributed by atoms with van der Waals surface area (Å²) in [5.41, 5.74) is 2.21. The van der Waals surface area contributed by atoms with E-state index in [2.05, 4.69) is 15.5 Å². The molecular formula is C8H9Cl2N3. The second-order valence-electron chi connectivity index (χ2n) is 2.37. The Bertz CT molecular complexity index is 274. The molecule has 1 N–H and O–H groups in total. The van der Waals surface area contributed by atoms with Gasteiger partial charge in [-0.1, -0.05) is 23.2 Å². The van der Waals surface area contributed by atoms with Gasteiger partial charge in [-0.05, 0) is 12.1 Å². The highest BCUT2D eigenvalue weighted by molar-refractivity contribution is 6.36. The van der Waals surface area contributed by atoms with Crippen LogP contribution in [0.1, 0.15) is 5.69 Å². The fraction of sp³-hybridized carbons (Fsp3) is 0.250. The lowest BCUT2D eigenvalue weighted by Crippen LogP contribution is -2.15. The van der Waals surface area contributed by atoms with Gasteiger partial charge in [-0.25, -0.2) is 0 Å². The zero-order valence-corrected chi connectivity index (χ0v) is 8.39. The van der Waals surface area contributed by atoms with E-state index >= 15 is 0 Å². The van der Waals surface area contributed by atoms with Gasteiger partial charge in [-0.3, -0.25) is 0 Å². The molecule has 1 heterocycles. The smallest absolute Gasteiger partial charge is 0.0769 e. The number of aromatic nitrogens is 2. The van der Waals surface area contributed by atoms with E-state index in [1.54, 1.807) is 6.20 Å². The van der Waals surface area contributed by atoms with Crippen molar-refractivity contribution in [2.75, 3.05) is 6.54 Å². The number of hydrogen-bond donors (Lipinski definition) is 1. The Morgan fingerprint density at radius 3 is 3.08 bits per heavy atom. The van der Waals surface area contributed by atoms with Crippen LogP contribution in [0.15, 0.2) is 28.9 Å². The van der Waals surface area contributed by atoms with Crippen LogP contribution < -0.4 is 5.32 Å². The van der Waals surface area contributed by atoms with E-state index in [9.17, 15) is 0 Å². The van der Waals surface area contributed by atoms with Crippen LogP contribution in [0, 0.1) is 0 Å². The summed E-state index contributed by atoms with van der Waals surface area (Å²) in [5.74, 6) is 0. The van der Waals surface area contributed by atoms with Crippen molar-refractivity contribution in [3.8, 4) is 0 Å². The Morgan fingerprint density at radius 2 is 2.46 bits per heavy atom. The quantitative estimate of drug-likeness (QED) is 0.838. The molecule has 3 nitrogen and oxygen atoms in total. The predicted molar refractivity (Wildman–Crippen MR) is 53.5 cm³/mol. The maximum Gasteiger partial charge on any atom is 0.0769 e. The number of hydrogen-bond acceptors (Lipinski definition) is 3. The van der Waals surface area contributed by atoms with Crippen molar-refractivity contribution in [1.29, 1.82) is 0 Å². The number of nitrogens with one attached hydrogen (secondary N) is 1. The molecule has 0 fully saturated rings. The van der Waals surface area contributed by atoms with E-state index in [4.69, 9.17) is 23.2 Å². The Hall–Kier alpha value is -0.640. The Balaban J connectivity index is 2.28. The number of rotatable bonds is 4. The third-order valence-electron chi connectivity index (χ3n) is 1.35. The molecule has 70 valence electrons. The SMILES string of the molecule is Cl/C=C(/Cl)CNCc1cccnn1. The summed E-state index contributed by atoms with van der Waals surface area (Å²) in [5, 5.41) is 11.3. The molecule has 0 aliphatic rings. The van der Waals surface area contributed by atoms with Crippen molar-refractivity contribution < 1.29 is 0 Å². The summed E-state index contributed by atoms with van der Waals surface area (Å²) in [6, 6.07) is 3.72. The minimum atomic E-state index is 0.543. The second kappa shape index (κ2) is 5.91. The van der Waals surface area contributed by atoms with Gasteiger partial charge in [0.15, 0.2) is 0 Å². The molecule has 0 bridgehead atoms. The molecular weight excluding hydrogens is 209 g/mol. The normalized spacial score (nSPS) is 11.7. The van der Waals surface area contributed by atoms with Gasteiger partial charge in [0.25, 0.3) is 0 Å². The molecule has 0 saturated carbocycles. The van der Waals surface area contributed by atoms with E-state index in [0.29, 0.717) is 18.1 Å².